The first-order chi connectivity index (χ1) is 14.0. The number of hydrogen-bond donors (Lipinski definition) is 0. The Morgan fingerprint density at radius 3 is 2.41 bits per heavy atom. The molecule has 1 amide bonds. The number of fused-ring (bicyclic) bond motifs is 1. The van der Waals surface area contributed by atoms with E-state index in [2.05, 4.69) is 23.4 Å². The van der Waals surface area contributed by atoms with Crippen LogP contribution in [0.2, 0.25) is 0 Å². The van der Waals surface area contributed by atoms with E-state index in [0.717, 1.165) is 33.4 Å². The summed E-state index contributed by atoms with van der Waals surface area (Å²) in [6.45, 7) is 4.44. The second-order valence-corrected chi connectivity index (χ2v) is 7.21. The van der Waals surface area contributed by atoms with Crippen LogP contribution < -0.4 is 4.90 Å². The molecule has 0 bridgehead atoms. The summed E-state index contributed by atoms with van der Waals surface area (Å²) in [5.41, 5.74) is 5.40. The van der Waals surface area contributed by atoms with Gasteiger partial charge in [-0.3, -0.25) is 9.78 Å². The lowest BCUT2D eigenvalue weighted by Crippen LogP contribution is -2.31. The smallest absolute Gasteiger partial charge is 0.258 e. The van der Waals surface area contributed by atoms with Crippen molar-refractivity contribution in [2.45, 2.75) is 20.4 Å². The molecule has 0 aliphatic rings. The predicted molar refractivity (Wildman–Crippen MR) is 114 cm³/mol. The highest BCUT2D eigenvalue weighted by molar-refractivity contribution is 6.10. The van der Waals surface area contributed by atoms with Gasteiger partial charge in [0, 0.05) is 29.9 Å². The van der Waals surface area contributed by atoms with E-state index in [4.69, 9.17) is 0 Å². The van der Waals surface area contributed by atoms with Gasteiger partial charge in [-0.2, -0.15) is 0 Å². The molecule has 4 aromatic rings. The fraction of sp³-hybridized carbons (Fsp3) is 0.167. The highest BCUT2D eigenvalue weighted by Crippen LogP contribution is 2.33. The van der Waals surface area contributed by atoms with Gasteiger partial charge < -0.3 is 9.47 Å². The Balaban J connectivity index is 1.89. The number of benzene rings is 2. The molecule has 0 saturated carbocycles. The van der Waals surface area contributed by atoms with Crippen molar-refractivity contribution in [3.8, 4) is 0 Å². The fourth-order valence-electron chi connectivity index (χ4n) is 3.66. The van der Waals surface area contributed by atoms with Crippen molar-refractivity contribution >= 4 is 22.5 Å². The van der Waals surface area contributed by atoms with Crippen molar-refractivity contribution in [2.75, 3.05) is 4.90 Å². The first-order valence-electron chi connectivity index (χ1n) is 9.48. The molecule has 0 aliphatic heterocycles. The van der Waals surface area contributed by atoms with Gasteiger partial charge in [0.2, 0.25) is 0 Å². The van der Waals surface area contributed by atoms with Crippen LogP contribution >= 0.6 is 0 Å². The summed E-state index contributed by atoms with van der Waals surface area (Å²) >= 11 is 0. The summed E-state index contributed by atoms with van der Waals surface area (Å²) in [5.74, 6) is -0.423. The number of nitrogens with zero attached hydrogens (tertiary/aromatic N) is 3. The molecular weight excluding hydrogens is 365 g/mol. The zero-order valence-electron chi connectivity index (χ0n) is 16.7. The van der Waals surface area contributed by atoms with Crippen molar-refractivity contribution in [3.05, 3.63) is 95.2 Å². The second kappa shape index (κ2) is 7.51. The molecular formula is C24H22FN3O. The van der Waals surface area contributed by atoms with Crippen LogP contribution in [0.15, 0.2) is 67.0 Å². The van der Waals surface area contributed by atoms with Crippen molar-refractivity contribution in [3.63, 3.8) is 0 Å². The van der Waals surface area contributed by atoms with E-state index in [1.165, 1.54) is 12.1 Å². The minimum Gasteiger partial charge on any atom is -0.346 e. The summed E-state index contributed by atoms with van der Waals surface area (Å²) in [6, 6.07) is 15.4. The quantitative estimate of drug-likeness (QED) is 0.484. The molecule has 2 heterocycles. The van der Waals surface area contributed by atoms with E-state index in [-0.39, 0.29) is 11.7 Å². The third-order valence-corrected chi connectivity index (χ3v) is 5.49. The molecule has 0 fully saturated rings. The first-order valence-corrected chi connectivity index (χ1v) is 9.48. The van der Waals surface area contributed by atoms with Crippen molar-refractivity contribution in [2.24, 2.45) is 7.05 Å². The van der Waals surface area contributed by atoms with Crippen molar-refractivity contribution < 1.29 is 9.18 Å². The number of pyridine rings is 1. The number of amides is 1. The minimum absolute atomic E-state index is 0.124. The monoisotopic (exact) mass is 387 g/mol. The molecule has 0 aliphatic carbocycles. The van der Waals surface area contributed by atoms with Crippen LogP contribution in [0.3, 0.4) is 0 Å². The number of anilines is 1. The molecule has 4 nitrogen and oxygen atoms in total. The highest BCUT2D eigenvalue weighted by Gasteiger charge is 2.23. The molecule has 0 atom stereocenters. The van der Waals surface area contributed by atoms with Crippen LogP contribution in [0.25, 0.3) is 10.9 Å². The minimum atomic E-state index is -0.299. The molecule has 5 heteroatoms. The Morgan fingerprint density at radius 2 is 1.72 bits per heavy atom. The molecule has 0 N–H and O–H groups in total. The van der Waals surface area contributed by atoms with E-state index in [1.807, 2.05) is 31.4 Å². The van der Waals surface area contributed by atoms with Crippen LogP contribution in [0.4, 0.5) is 10.1 Å². The maximum absolute atomic E-state index is 13.5. The van der Waals surface area contributed by atoms with Gasteiger partial charge in [0.25, 0.3) is 5.91 Å². The van der Waals surface area contributed by atoms with Gasteiger partial charge in [0.15, 0.2) is 0 Å². The maximum atomic E-state index is 13.5. The number of carbonyl (C=O) groups excluding carboxylic acids is 1. The van der Waals surface area contributed by atoms with E-state index >= 15 is 0 Å². The van der Waals surface area contributed by atoms with Crippen LogP contribution in [0, 0.1) is 19.7 Å². The summed E-state index contributed by atoms with van der Waals surface area (Å²) in [5, 5.41) is 1.02. The van der Waals surface area contributed by atoms with Gasteiger partial charge in [-0.15, -0.1) is 0 Å². The Bertz CT molecular complexity index is 1180. The van der Waals surface area contributed by atoms with Crippen LogP contribution in [0.5, 0.6) is 0 Å². The number of halogens is 1. The molecule has 0 radical (unpaired) electrons. The Kier molecular flexibility index (Phi) is 4.89. The fourth-order valence-corrected chi connectivity index (χ4v) is 3.66. The number of carbonyl (C=O) groups is 1. The second-order valence-electron chi connectivity index (χ2n) is 7.21. The summed E-state index contributed by atoms with van der Waals surface area (Å²) in [7, 11) is 2.00. The largest absolute Gasteiger partial charge is 0.346 e. The average Bonchev–Trinajstić information content (AvgIpc) is 2.98. The normalized spacial score (nSPS) is 11.0. The highest BCUT2D eigenvalue weighted by atomic mass is 19.1. The van der Waals surface area contributed by atoms with Crippen LogP contribution in [-0.4, -0.2) is 15.5 Å². The lowest BCUT2D eigenvalue weighted by atomic mass is 10.1. The number of aromatic nitrogens is 2. The number of hydrogen-bond acceptors (Lipinski definition) is 2. The molecule has 29 heavy (non-hydrogen) atoms. The van der Waals surface area contributed by atoms with E-state index in [0.29, 0.717) is 12.1 Å². The first kappa shape index (κ1) is 18.9. The SMILES string of the molecule is Cc1c(C)n(C)c2c(N(Cc3ccc(F)cc3)C(=O)c3ccccc3)cncc12. The summed E-state index contributed by atoms with van der Waals surface area (Å²) in [4.78, 5) is 19.6. The standard InChI is InChI=1S/C24H22FN3O/c1-16-17(2)27(3)23-21(16)13-26-14-22(23)28(15-18-9-11-20(25)12-10-18)24(29)19-7-5-4-6-8-19/h4-14H,15H2,1-3H3. The Labute approximate surface area is 169 Å². The molecule has 2 aromatic heterocycles. The molecule has 0 spiro atoms. The molecule has 0 unspecified atom stereocenters. The van der Waals surface area contributed by atoms with Crippen molar-refractivity contribution in [1.82, 2.24) is 9.55 Å². The molecule has 2 aromatic carbocycles. The molecule has 146 valence electrons. The maximum Gasteiger partial charge on any atom is 0.258 e. The zero-order chi connectivity index (χ0) is 20.5. The van der Waals surface area contributed by atoms with Gasteiger partial charge in [0.05, 0.1) is 23.9 Å². The number of rotatable bonds is 4. The predicted octanol–water partition coefficient (Wildman–Crippen LogP) is 5.18. The zero-order valence-corrected chi connectivity index (χ0v) is 16.7. The van der Waals surface area contributed by atoms with Crippen molar-refractivity contribution in [1.29, 1.82) is 0 Å². The molecule has 4 rings (SSSR count). The third-order valence-electron chi connectivity index (χ3n) is 5.49. The van der Waals surface area contributed by atoms with E-state index in [9.17, 15) is 9.18 Å². The molecule has 0 saturated heterocycles. The van der Waals surface area contributed by atoms with Gasteiger partial charge in [0.1, 0.15) is 5.82 Å². The van der Waals surface area contributed by atoms with Crippen LogP contribution in [-0.2, 0) is 13.6 Å². The van der Waals surface area contributed by atoms with Gasteiger partial charge in [-0.25, -0.2) is 4.39 Å². The van der Waals surface area contributed by atoms with Gasteiger partial charge in [-0.1, -0.05) is 30.3 Å². The average molecular weight is 387 g/mol. The van der Waals surface area contributed by atoms with Crippen LogP contribution in [0.1, 0.15) is 27.2 Å². The summed E-state index contributed by atoms with van der Waals surface area (Å²) < 4.78 is 15.5. The summed E-state index contributed by atoms with van der Waals surface area (Å²) in [6.07, 6.45) is 3.57. The Hall–Kier alpha value is -3.47. The van der Waals surface area contributed by atoms with Gasteiger partial charge in [-0.05, 0) is 49.2 Å². The number of aryl methyl sites for hydroxylation is 2. The lowest BCUT2D eigenvalue weighted by Gasteiger charge is -2.24. The third kappa shape index (κ3) is 3.40. The topological polar surface area (TPSA) is 38.1 Å². The lowest BCUT2D eigenvalue weighted by molar-refractivity contribution is 0.0985. The van der Waals surface area contributed by atoms with E-state index in [1.54, 1.807) is 35.4 Å². The van der Waals surface area contributed by atoms with E-state index < -0.39 is 0 Å². The Morgan fingerprint density at radius 1 is 1.03 bits per heavy atom. The van der Waals surface area contributed by atoms with Gasteiger partial charge >= 0.3 is 0 Å².